The normalized spacial score (nSPS) is 30.8. The van der Waals surface area contributed by atoms with Crippen molar-refractivity contribution in [3.63, 3.8) is 0 Å². The minimum Gasteiger partial charge on any atom is -0.346 e. The van der Waals surface area contributed by atoms with E-state index in [0.717, 1.165) is 42.7 Å². The van der Waals surface area contributed by atoms with E-state index in [-0.39, 0.29) is 29.3 Å². The first-order valence-electron chi connectivity index (χ1n) is 10.6. The number of likely N-dealkylation sites (tertiary alicyclic amines) is 1. The third kappa shape index (κ3) is 2.44. The van der Waals surface area contributed by atoms with E-state index in [1.807, 2.05) is 29.6 Å². The summed E-state index contributed by atoms with van der Waals surface area (Å²) in [5.41, 5.74) is 0.455. The largest absolute Gasteiger partial charge is 0.346 e. The second kappa shape index (κ2) is 5.70. The molecule has 6 rings (SSSR count). The second-order valence-electron chi connectivity index (χ2n) is 9.48. The van der Waals surface area contributed by atoms with Gasteiger partial charge in [-0.05, 0) is 38.0 Å². The minimum atomic E-state index is -0.162. The first-order valence-corrected chi connectivity index (χ1v) is 10.6. The van der Waals surface area contributed by atoms with E-state index in [4.69, 9.17) is 0 Å². The van der Waals surface area contributed by atoms with Gasteiger partial charge in [-0.1, -0.05) is 0 Å². The number of nitrogens with zero attached hydrogens (tertiary/aromatic N) is 5. The first-order chi connectivity index (χ1) is 13.9. The van der Waals surface area contributed by atoms with Gasteiger partial charge in [0.05, 0.1) is 17.8 Å². The van der Waals surface area contributed by atoms with Crippen molar-refractivity contribution >= 4 is 11.8 Å². The highest BCUT2D eigenvalue weighted by atomic mass is 16.2. The summed E-state index contributed by atoms with van der Waals surface area (Å²) in [5, 5.41) is 3.28. The Hall–Kier alpha value is -2.64. The molecule has 4 heterocycles. The molecule has 1 spiro atoms. The molecule has 0 aromatic carbocycles. The summed E-state index contributed by atoms with van der Waals surface area (Å²) in [5.74, 6) is 3.71. The van der Waals surface area contributed by atoms with Crippen LogP contribution < -0.4 is 5.32 Å². The van der Waals surface area contributed by atoms with Crippen LogP contribution in [0.4, 0.5) is 0 Å². The van der Waals surface area contributed by atoms with Crippen LogP contribution in [0.5, 0.6) is 0 Å². The van der Waals surface area contributed by atoms with E-state index in [2.05, 4.69) is 19.9 Å². The van der Waals surface area contributed by atoms with Gasteiger partial charge in [-0.15, -0.1) is 0 Å². The molecule has 2 aromatic heterocycles. The number of aryl methyl sites for hydroxylation is 1. The average molecular weight is 394 g/mol. The van der Waals surface area contributed by atoms with Gasteiger partial charge in [-0.3, -0.25) is 9.59 Å². The second-order valence-corrected chi connectivity index (χ2v) is 9.48. The molecule has 2 unspecified atom stereocenters. The van der Waals surface area contributed by atoms with Crippen LogP contribution in [-0.2, 0) is 17.4 Å². The highest BCUT2D eigenvalue weighted by molar-refractivity contribution is 5.93. The van der Waals surface area contributed by atoms with Gasteiger partial charge in [0.1, 0.15) is 17.3 Å². The molecular weight excluding hydrogens is 368 g/mol. The molecule has 0 bridgehead atoms. The molecular formula is C21H26N6O2. The van der Waals surface area contributed by atoms with Gasteiger partial charge in [-0.25, -0.2) is 9.97 Å². The lowest BCUT2D eigenvalue weighted by Gasteiger charge is -2.49. The molecule has 3 fully saturated rings. The number of amides is 2. The summed E-state index contributed by atoms with van der Waals surface area (Å²) in [6.07, 6.45) is 9.66. The molecule has 4 aliphatic rings. The van der Waals surface area contributed by atoms with Gasteiger partial charge >= 0.3 is 0 Å². The number of carbonyl (C=O) groups is 2. The zero-order valence-electron chi connectivity index (χ0n) is 16.8. The Morgan fingerprint density at radius 1 is 1.17 bits per heavy atom. The Morgan fingerprint density at radius 2 is 1.93 bits per heavy atom. The van der Waals surface area contributed by atoms with Crippen LogP contribution in [0.3, 0.4) is 0 Å². The van der Waals surface area contributed by atoms with E-state index in [1.165, 1.54) is 6.42 Å². The van der Waals surface area contributed by atoms with Crippen LogP contribution in [0, 0.1) is 24.7 Å². The summed E-state index contributed by atoms with van der Waals surface area (Å²) in [4.78, 5) is 36.3. The van der Waals surface area contributed by atoms with E-state index >= 15 is 0 Å². The molecule has 8 heteroatoms. The first kappa shape index (κ1) is 17.2. The predicted molar refractivity (Wildman–Crippen MR) is 104 cm³/mol. The van der Waals surface area contributed by atoms with Crippen molar-refractivity contribution in [3.05, 3.63) is 35.9 Å². The Bertz CT molecular complexity index is 1010. The summed E-state index contributed by atoms with van der Waals surface area (Å²) in [6, 6.07) is -0.0642. The minimum absolute atomic E-state index is 0.0121. The SMILES string of the molecule is Cc1ncc(C(=O)N2CC3(CC(NC(=O)C4C[C@@H]5C[C@@H]5C4)c4nccn43)C2)n1C. The van der Waals surface area contributed by atoms with Crippen LogP contribution in [0.25, 0.3) is 0 Å². The fourth-order valence-electron chi connectivity index (χ4n) is 5.83. The quantitative estimate of drug-likeness (QED) is 0.852. The number of carbonyl (C=O) groups excluding carboxylic acids is 2. The molecule has 1 N–H and O–H groups in total. The fourth-order valence-corrected chi connectivity index (χ4v) is 5.83. The molecule has 2 amide bonds. The Balaban J connectivity index is 1.16. The molecule has 2 aliphatic carbocycles. The van der Waals surface area contributed by atoms with Crippen LogP contribution in [0.15, 0.2) is 18.6 Å². The van der Waals surface area contributed by atoms with Crippen LogP contribution >= 0.6 is 0 Å². The number of hydrogen-bond acceptors (Lipinski definition) is 4. The van der Waals surface area contributed by atoms with Crippen LogP contribution in [0.2, 0.25) is 0 Å². The van der Waals surface area contributed by atoms with E-state index in [9.17, 15) is 9.59 Å². The topological polar surface area (TPSA) is 85.1 Å². The van der Waals surface area contributed by atoms with Crippen LogP contribution in [-0.4, -0.2) is 48.9 Å². The molecule has 2 saturated carbocycles. The molecule has 2 aliphatic heterocycles. The van der Waals surface area contributed by atoms with Crippen LogP contribution in [0.1, 0.15) is 53.9 Å². The number of imidazole rings is 2. The smallest absolute Gasteiger partial charge is 0.272 e. The molecule has 0 radical (unpaired) electrons. The van der Waals surface area contributed by atoms with Gasteiger partial charge < -0.3 is 19.4 Å². The summed E-state index contributed by atoms with van der Waals surface area (Å²) in [7, 11) is 1.87. The highest BCUT2D eigenvalue weighted by Gasteiger charge is 2.55. The summed E-state index contributed by atoms with van der Waals surface area (Å²) < 4.78 is 4.02. The Labute approximate surface area is 169 Å². The maximum Gasteiger partial charge on any atom is 0.272 e. The fraction of sp³-hybridized carbons (Fsp3) is 0.619. The molecule has 8 nitrogen and oxygen atoms in total. The molecule has 152 valence electrons. The number of aromatic nitrogens is 4. The summed E-state index contributed by atoms with van der Waals surface area (Å²) >= 11 is 0. The van der Waals surface area contributed by atoms with Gasteiger partial charge in [0.25, 0.3) is 5.91 Å². The van der Waals surface area contributed by atoms with Crippen molar-refractivity contribution in [1.29, 1.82) is 0 Å². The van der Waals surface area contributed by atoms with Gasteiger partial charge in [0.2, 0.25) is 5.91 Å². The van der Waals surface area contributed by atoms with Crippen molar-refractivity contribution in [3.8, 4) is 0 Å². The lowest BCUT2D eigenvalue weighted by molar-refractivity contribution is -0.126. The van der Waals surface area contributed by atoms with E-state index in [0.29, 0.717) is 18.8 Å². The third-order valence-corrected chi connectivity index (χ3v) is 7.70. The van der Waals surface area contributed by atoms with Crippen molar-refractivity contribution in [2.24, 2.45) is 24.8 Å². The maximum atomic E-state index is 12.9. The van der Waals surface area contributed by atoms with Gasteiger partial charge in [0.15, 0.2) is 0 Å². The molecule has 2 aromatic rings. The Kier molecular flexibility index (Phi) is 3.39. The van der Waals surface area contributed by atoms with Crippen molar-refractivity contribution < 1.29 is 9.59 Å². The standard InChI is InChI=1S/C21H26N6O2/c1-12-23-9-17(25(12)2)20(29)26-10-21(11-26)8-16(18-22-3-4-27(18)21)24-19(28)15-6-13-5-14(13)7-15/h3-4,9,13-16H,5-8,10-11H2,1-2H3,(H,24,28)/t13-,14+,15?,16?. The number of fused-ring (bicyclic) bond motifs is 3. The van der Waals surface area contributed by atoms with Crippen molar-refractivity contribution in [2.45, 2.75) is 44.2 Å². The monoisotopic (exact) mass is 394 g/mol. The average Bonchev–Trinajstić information content (AvgIpc) is 3.10. The lowest BCUT2D eigenvalue weighted by Crippen LogP contribution is -2.63. The zero-order valence-corrected chi connectivity index (χ0v) is 16.8. The summed E-state index contributed by atoms with van der Waals surface area (Å²) in [6.45, 7) is 3.17. The highest BCUT2D eigenvalue weighted by Crippen LogP contribution is 2.54. The third-order valence-electron chi connectivity index (χ3n) is 7.70. The number of rotatable bonds is 3. The number of hydrogen-bond donors (Lipinski definition) is 1. The zero-order chi connectivity index (χ0) is 19.9. The maximum absolute atomic E-state index is 12.9. The number of nitrogens with one attached hydrogen (secondary N) is 1. The van der Waals surface area contributed by atoms with Crippen molar-refractivity contribution in [1.82, 2.24) is 29.3 Å². The molecule has 1 saturated heterocycles. The van der Waals surface area contributed by atoms with E-state index in [1.54, 1.807) is 12.4 Å². The lowest BCUT2D eigenvalue weighted by atomic mass is 9.85. The van der Waals surface area contributed by atoms with Crippen molar-refractivity contribution in [2.75, 3.05) is 13.1 Å². The Morgan fingerprint density at radius 3 is 2.62 bits per heavy atom. The van der Waals surface area contributed by atoms with Gasteiger partial charge in [0, 0.05) is 44.9 Å². The van der Waals surface area contributed by atoms with E-state index < -0.39 is 0 Å². The molecule has 29 heavy (non-hydrogen) atoms. The van der Waals surface area contributed by atoms with Gasteiger partial charge in [-0.2, -0.15) is 0 Å². The molecule has 4 atom stereocenters. The predicted octanol–water partition coefficient (Wildman–Crippen LogP) is 1.38.